The second-order valence-corrected chi connectivity index (χ2v) is 4.69. The molecule has 0 amide bonds. The zero-order chi connectivity index (χ0) is 13.1. The number of aliphatic carboxylic acids is 1. The number of ether oxygens (including phenoxy) is 1. The van der Waals surface area contributed by atoms with Crippen LogP contribution in [-0.4, -0.2) is 22.8 Å². The molecule has 0 aliphatic heterocycles. The van der Waals surface area contributed by atoms with Crippen molar-refractivity contribution >= 4 is 5.97 Å². The quantitative estimate of drug-likeness (QED) is 0.825. The van der Waals surface area contributed by atoms with E-state index >= 15 is 0 Å². The summed E-state index contributed by atoms with van der Waals surface area (Å²) in [6.07, 6.45) is -0.640. The molecular formula is C13H18O4. The molecule has 0 aromatic heterocycles. The van der Waals surface area contributed by atoms with Crippen molar-refractivity contribution < 1.29 is 19.7 Å². The number of para-hydroxylation sites is 1. The number of hydrogen-bond acceptors (Lipinski definition) is 3. The summed E-state index contributed by atoms with van der Waals surface area (Å²) in [4.78, 5) is 10.9. The number of carboxylic acids is 1. The summed E-state index contributed by atoms with van der Waals surface area (Å²) in [5.74, 6) is -0.385. The molecule has 1 rings (SSSR count). The van der Waals surface area contributed by atoms with E-state index < -0.39 is 17.5 Å². The number of carbonyl (C=O) groups is 1. The van der Waals surface area contributed by atoms with Crippen molar-refractivity contribution in [3.05, 3.63) is 29.8 Å². The maximum atomic E-state index is 10.9. The summed E-state index contributed by atoms with van der Waals surface area (Å²) in [6, 6.07) is 7.07. The van der Waals surface area contributed by atoms with Crippen LogP contribution in [0.3, 0.4) is 0 Å². The van der Waals surface area contributed by atoms with Gasteiger partial charge in [-0.1, -0.05) is 18.2 Å². The molecule has 0 radical (unpaired) electrons. The number of benzene rings is 1. The largest absolute Gasteiger partial charge is 0.492 e. The van der Waals surface area contributed by atoms with Crippen LogP contribution in [0.5, 0.6) is 5.75 Å². The van der Waals surface area contributed by atoms with Crippen LogP contribution in [0.4, 0.5) is 0 Å². The van der Waals surface area contributed by atoms with E-state index in [1.807, 2.05) is 0 Å². The van der Waals surface area contributed by atoms with Crippen molar-refractivity contribution in [2.45, 2.75) is 26.9 Å². The Hall–Kier alpha value is -1.55. The number of carboxylic acid groups (broad SMARTS) is 1. The zero-order valence-electron chi connectivity index (χ0n) is 10.3. The molecule has 0 spiro atoms. The number of hydrogen-bond donors (Lipinski definition) is 2. The lowest BCUT2D eigenvalue weighted by Crippen LogP contribution is -2.30. The third kappa shape index (κ3) is 3.46. The Morgan fingerprint density at radius 3 is 2.53 bits per heavy atom. The van der Waals surface area contributed by atoms with E-state index in [1.165, 1.54) is 0 Å². The Morgan fingerprint density at radius 2 is 2.00 bits per heavy atom. The van der Waals surface area contributed by atoms with E-state index in [0.29, 0.717) is 11.3 Å². The van der Waals surface area contributed by atoms with E-state index in [2.05, 4.69) is 0 Å². The highest BCUT2D eigenvalue weighted by molar-refractivity contribution is 5.73. The molecule has 0 aliphatic rings. The Balaban J connectivity index is 2.79. The molecule has 4 nitrogen and oxygen atoms in total. The standard InChI is InChI=1S/C13H18O4/c1-9(14)10-6-4-5-7-11(10)17-8-13(2,3)12(15)16/h4-7,9,14H,8H2,1-3H3,(H,15,16)/t9-/m0/s1. The maximum Gasteiger partial charge on any atom is 0.312 e. The van der Waals surface area contributed by atoms with Crippen molar-refractivity contribution in [3.8, 4) is 5.75 Å². The van der Waals surface area contributed by atoms with Crippen LogP contribution in [0, 0.1) is 5.41 Å². The lowest BCUT2D eigenvalue weighted by Gasteiger charge is -2.21. The van der Waals surface area contributed by atoms with Crippen LogP contribution in [0.25, 0.3) is 0 Å². The van der Waals surface area contributed by atoms with E-state index in [0.717, 1.165) is 0 Å². The minimum absolute atomic E-state index is 0.0616. The summed E-state index contributed by atoms with van der Waals surface area (Å²) in [5, 5.41) is 18.5. The van der Waals surface area contributed by atoms with Gasteiger partial charge in [0.2, 0.25) is 0 Å². The lowest BCUT2D eigenvalue weighted by molar-refractivity contribution is -0.148. The van der Waals surface area contributed by atoms with Gasteiger partial charge in [-0.25, -0.2) is 0 Å². The Bertz CT molecular complexity index is 396. The Morgan fingerprint density at radius 1 is 1.41 bits per heavy atom. The van der Waals surface area contributed by atoms with Gasteiger partial charge in [0, 0.05) is 5.56 Å². The molecule has 2 N–H and O–H groups in total. The predicted molar refractivity (Wildman–Crippen MR) is 64.0 cm³/mol. The molecular weight excluding hydrogens is 220 g/mol. The average Bonchev–Trinajstić information content (AvgIpc) is 2.26. The zero-order valence-corrected chi connectivity index (χ0v) is 10.3. The highest BCUT2D eigenvalue weighted by Gasteiger charge is 2.28. The van der Waals surface area contributed by atoms with Gasteiger partial charge in [-0.15, -0.1) is 0 Å². The fraction of sp³-hybridized carbons (Fsp3) is 0.462. The first-order valence-electron chi connectivity index (χ1n) is 5.48. The van der Waals surface area contributed by atoms with Crippen molar-refractivity contribution in [3.63, 3.8) is 0 Å². The van der Waals surface area contributed by atoms with Gasteiger partial charge in [0.1, 0.15) is 12.4 Å². The summed E-state index contributed by atoms with van der Waals surface area (Å²) >= 11 is 0. The number of aliphatic hydroxyl groups excluding tert-OH is 1. The van der Waals surface area contributed by atoms with Gasteiger partial charge in [0.25, 0.3) is 0 Å². The van der Waals surface area contributed by atoms with Crippen molar-refractivity contribution in [2.24, 2.45) is 5.41 Å². The molecule has 0 unspecified atom stereocenters. The smallest absolute Gasteiger partial charge is 0.312 e. The van der Waals surface area contributed by atoms with Crippen molar-refractivity contribution in [2.75, 3.05) is 6.61 Å². The highest BCUT2D eigenvalue weighted by Crippen LogP contribution is 2.26. The molecule has 0 aliphatic carbocycles. The average molecular weight is 238 g/mol. The summed E-state index contributed by atoms with van der Waals surface area (Å²) in [7, 11) is 0. The van der Waals surface area contributed by atoms with Crippen LogP contribution < -0.4 is 4.74 Å². The fourth-order valence-corrected chi connectivity index (χ4v) is 1.28. The maximum absolute atomic E-state index is 10.9. The number of rotatable bonds is 5. The highest BCUT2D eigenvalue weighted by atomic mass is 16.5. The molecule has 0 bridgehead atoms. The van der Waals surface area contributed by atoms with Gasteiger partial charge in [-0.2, -0.15) is 0 Å². The topological polar surface area (TPSA) is 66.8 Å². The van der Waals surface area contributed by atoms with E-state index in [1.54, 1.807) is 45.0 Å². The third-order valence-corrected chi connectivity index (χ3v) is 2.54. The van der Waals surface area contributed by atoms with Gasteiger partial charge in [-0.3, -0.25) is 4.79 Å². The second kappa shape index (κ2) is 5.19. The fourth-order valence-electron chi connectivity index (χ4n) is 1.28. The van der Waals surface area contributed by atoms with Gasteiger partial charge in [0.15, 0.2) is 0 Å². The van der Waals surface area contributed by atoms with Gasteiger partial charge in [0.05, 0.1) is 11.5 Å². The van der Waals surface area contributed by atoms with Crippen molar-refractivity contribution in [1.82, 2.24) is 0 Å². The second-order valence-electron chi connectivity index (χ2n) is 4.69. The molecule has 17 heavy (non-hydrogen) atoms. The predicted octanol–water partition coefficient (Wildman–Crippen LogP) is 2.23. The Kier molecular flexibility index (Phi) is 4.12. The minimum atomic E-state index is -0.953. The normalized spacial score (nSPS) is 13.2. The van der Waals surface area contributed by atoms with Crippen LogP contribution in [-0.2, 0) is 4.79 Å². The van der Waals surface area contributed by atoms with Gasteiger partial charge >= 0.3 is 5.97 Å². The van der Waals surface area contributed by atoms with Crippen LogP contribution in [0.1, 0.15) is 32.4 Å². The van der Waals surface area contributed by atoms with E-state index in [4.69, 9.17) is 9.84 Å². The van der Waals surface area contributed by atoms with Gasteiger partial charge < -0.3 is 14.9 Å². The summed E-state index contributed by atoms with van der Waals surface area (Å²) in [5.41, 5.74) is -0.292. The molecule has 0 saturated carbocycles. The van der Waals surface area contributed by atoms with Crippen LogP contribution in [0.15, 0.2) is 24.3 Å². The molecule has 0 fully saturated rings. The van der Waals surface area contributed by atoms with Crippen molar-refractivity contribution in [1.29, 1.82) is 0 Å². The van der Waals surface area contributed by atoms with Crippen LogP contribution >= 0.6 is 0 Å². The Labute approximate surface area is 101 Å². The molecule has 0 saturated heterocycles. The lowest BCUT2D eigenvalue weighted by atomic mass is 9.95. The SMILES string of the molecule is C[C@H](O)c1ccccc1OCC(C)(C)C(=O)O. The first-order valence-corrected chi connectivity index (χ1v) is 5.48. The van der Waals surface area contributed by atoms with E-state index in [-0.39, 0.29) is 6.61 Å². The first-order chi connectivity index (χ1) is 7.84. The monoisotopic (exact) mass is 238 g/mol. The minimum Gasteiger partial charge on any atom is -0.492 e. The molecule has 94 valence electrons. The number of aliphatic hydroxyl groups is 1. The van der Waals surface area contributed by atoms with E-state index in [9.17, 15) is 9.90 Å². The third-order valence-electron chi connectivity index (χ3n) is 2.54. The molecule has 4 heteroatoms. The van der Waals surface area contributed by atoms with Gasteiger partial charge in [-0.05, 0) is 26.8 Å². The summed E-state index contributed by atoms with van der Waals surface area (Å²) in [6.45, 7) is 4.90. The molecule has 1 aromatic rings. The molecule has 1 atom stereocenters. The molecule has 1 aromatic carbocycles. The summed E-state index contributed by atoms with van der Waals surface area (Å²) < 4.78 is 5.48. The molecule has 0 heterocycles. The van der Waals surface area contributed by atoms with Crippen LogP contribution in [0.2, 0.25) is 0 Å². The first kappa shape index (κ1) is 13.5.